The van der Waals surface area contributed by atoms with Gasteiger partial charge in [-0.25, -0.2) is 9.18 Å². The summed E-state index contributed by atoms with van der Waals surface area (Å²) in [7, 11) is 0. The van der Waals surface area contributed by atoms with E-state index in [0.717, 1.165) is 55.8 Å². The van der Waals surface area contributed by atoms with Crippen LogP contribution in [0.2, 0.25) is 5.02 Å². The summed E-state index contributed by atoms with van der Waals surface area (Å²) in [5.41, 5.74) is 0.0555. The first-order chi connectivity index (χ1) is 23.5. The van der Waals surface area contributed by atoms with E-state index in [-0.39, 0.29) is 53.6 Å². The number of aromatic nitrogens is 3. The molecule has 6 heterocycles. The zero-order chi connectivity index (χ0) is 34.1. The molecule has 12 heteroatoms. The molecule has 2 bridgehead atoms. The number of hydrogen-bond acceptors (Lipinski definition) is 9. The van der Waals surface area contributed by atoms with Crippen molar-refractivity contribution < 1.29 is 23.8 Å². The Morgan fingerprint density at radius 2 is 1.84 bits per heavy atom. The van der Waals surface area contributed by atoms with E-state index in [1.807, 2.05) is 56.0 Å². The predicted octanol–water partition coefficient (Wildman–Crippen LogP) is 6.59. The molecule has 8 rings (SSSR count). The average Bonchev–Trinajstić information content (AvgIpc) is 3.72. The van der Waals surface area contributed by atoms with Crippen molar-refractivity contribution in [2.75, 3.05) is 37.7 Å². The lowest BCUT2D eigenvalue weighted by Crippen LogP contribution is -2.57. The monoisotopic (exact) mass is 688 g/mol. The maximum Gasteiger partial charge on any atom is 0.410 e. The molecule has 4 atom stereocenters. The van der Waals surface area contributed by atoms with E-state index >= 15 is 4.39 Å². The van der Waals surface area contributed by atoms with Gasteiger partial charge in [-0.15, -0.1) is 0 Å². The topological polar surface area (TPSA) is 104 Å². The maximum absolute atomic E-state index is 16.9. The van der Waals surface area contributed by atoms with Crippen molar-refractivity contribution >= 4 is 45.2 Å². The van der Waals surface area contributed by atoms with Crippen LogP contribution < -0.4 is 9.64 Å². The number of fused-ring (bicyclic) bond motifs is 5. The molecule has 3 unspecified atom stereocenters. The van der Waals surface area contributed by atoms with Crippen molar-refractivity contribution in [2.24, 2.45) is 0 Å². The molecule has 2 aromatic heterocycles. The zero-order valence-electron chi connectivity index (χ0n) is 28.2. The van der Waals surface area contributed by atoms with Crippen LogP contribution in [0.4, 0.5) is 15.0 Å². The molecular weight excluding hydrogens is 647 g/mol. The van der Waals surface area contributed by atoms with Crippen LogP contribution >= 0.6 is 11.6 Å². The van der Waals surface area contributed by atoms with Gasteiger partial charge in [-0.3, -0.25) is 14.8 Å². The first kappa shape index (κ1) is 32.4. The van der Waals surface area contributed by atoms with Crippen LogP contribution in [-0.4, -0.2) is 98.1 Å². The minimum Gasteiger partial charge on any atom is -0.461 e. The number of amides is 1. The lowest BCUT2D eigenvalue weighted by molar-refractivity contribution is 0.0122. The highest BCUT2D eigenvalue weighted by molar-refractivity contribution is 6.36. The molecule has 49 heavy (non-hydrogen) atoms. The van der Waals surface area contributed by atoms with Crippen molar-refractivity contribution in [1.82, 2.24) is 24.8 Å². The molecule has 4 aromatic rings. The molecular formula is C37H42ClFN6O4. The van der Waals surface area contributed by atoms with E-state index in [9.17, 15) is 9.90 Å². The number of aliphatic hydroxyl groups excluding tert-OH is 1. The van der Waals surface area contributed by atoms with E-state index < -0.39 is 11.4 Å². The number of rotatable bonds is 6. The van der Waals surface area contributed by atoms with Crippen molar-refractivity contribution in [2.45, 2.75) is 88.6 Å². The van der Waals surface area contributed by atoms with Gasteiger partial charge in [0.1, 0.15) is 29.2 Å². The number of hydrogen-bond donors (Lipinski definition) is 1. The summed E-state index contributed by atoms with van der Waals surface area (Å²) >= 11 is 6.65. The molecule has 4 saturated heterocycles. The average molecular weight is 689 g/mol. The smallest absolute Gasteiger partial charge is 0.410 e. The van der Waals surface area contributed by atoms with Gasteiger partial charge in [0.25, 0.3) is 0 Å². The number of halogens is 2. The van der Waals surface area contributed by atoms with Gasteiger partial charge in [-0.2, -0.15) is 9.97 Å². The Bertz CT molecular complexity index is 1920. The second-order valence-corrected chi connectivity index (χ2v) is 15.4. The Labute approximate surface area is 290 Å². The van der Waals surface area contributed by atoms with Crippen LogP contribution in [0.25, 0.3) is 32.9 Å². The zero-order valence-corrected chi connectivity index (χ0v) is 28.9. The lowest BCUT2D eigenvalue weighted by Gasteiger charge is -2.42. The molecule has 1 N–H and O–H groups in total. The van der Waals surface area contributed by atoms with Crippen LogP contribution in [0, 0.1) is 5.82 Å². The summed E-state index contributed by atoms with van der Waals surface area (Å²) in [6.07, 6.45) is 6.84. The molecule has 10 nitrogen and oxygen atoms in total. The first-order valence-corrected chi connectivity index (χ1v) is 17.7. The summed E-state index contributed by atoms with van der Waals surface area (Å²) in [6, 6.07) is 11.3. The summed E-state index contributed by atoms with van der Waals surface area (Å²) in [5.74, 6) is -0.0364. The number of piperazine rings is 1. The second kappa shape index (κ2) is 12.2. The van der Waals surface area contributed by atoms with Gasteiger partial charge < -0.3 is 19.5 Å². The van der Waals surface area contributed by atoms with Crippen molar-refractivity contribution in [1.29, 1.82) is 0 Å². The van der Waals surface area contributed by atoms with Gasteiger partial charge >= 0.3 is 12.1 Å². The van der Waals surface area contributed by atoms with Crippen LogP contribution in [-0.2, 0) is 4.74 Å². The van der Waals surface area contributed by atoms with Gasteiger partial charge in [-0.1, -0.05) is 41.9 Å². The summed E-state index contributed by atoms with van der Waals surface area (Å²) in [5, 5.41) is 12.6. The summed E-state index contributed by atoms with van der Waals surface area (Å²) in [6.45, 7) is 8.04. The quantitative estimate of drug-likeness (QED) is 0.240. The lowest BCUT2D eigenvalue weighted by atomic mass is 9.95. The molecule has 4 aliphatic rings. The molecule has 0 spiro atoms. The third kappa shape index (κ3) is 5.63. The highest BCUT2D eigenvalue weighted by Crippen LogP contribution is 2.43. The SMILES string of the molecule is CC(C)(C)OC(=O)N1C2CCC1CN(c1nc(OCC34CCCN3[C@@H](CO)CC4)nc3c(F)c(-c4cccc5cccc(Cl)c45)ncc13)C2. The Hall–Kier alpha value is -3.80. The Balaban J connectivity index is 1.19. The van der Waals surface area contributed by atoms with Gasteiger partial charge in [0.05, 0.1) is 29.6 Å². The van der Waals surface area contributed by atoms with E-state index in [1.54, 1.807) is 12.3 Å². The molecule has 2 aromatic carbocycles. The van der Waals surface area contributed by atoms with Gasteiger partial charge in [0.15, 0.2) is 5.82 Å². The van der Waals surface area contributed by atoms with Crippen molar-refractivity contribution in [3.05, 3.63) is 53.4 Å². The highest BCUT2D eigenvalue weighted by atomic mass is 35.5. The second-order valence-electron chi connectivity index (χ2n) is 15.0. The van der Waals surface area contributed by atoms with Gasteiger partial charge in [-0.05, 0) is 77.3 Å². The Morgan fingerprint density at radius 1 is 1.08 bits per heavy atom. The maximum atomic E-state index is 16.9. The Kier molecular flexibility index (Phi) is 8.07. The van der Waals surface area contributed by atoms with E-state index in [1.165, 1.54) is 0 Å². The van der Waals surface area contributed by atoms with Crippen LogP contribution in [0.1, 0.15) is 59.3 Å². The van der Waals surface area contributed by atoms with Crippen LogP contribution in [0.15, 0.2) is 42.6 Å². The minimum atomic E-state index is -0.594. The largest absolute Gasteiger partial charge is 0.461 e. The molecule has 1 amide bonds. The van der Waals surface area contributed by atoms with Crippen molar-refractivity contribution in [3.8, 4) is 17.3 Å². The molecule has 258 valence electrons. The van der Waals surface area contributed by atoms with Gasteiger partial charge in [0, 0.05) is 41.3 Å². The first-order valence-electron chi connectivity index (χ1n) is 17.4. The predicted molar refractivity (Wildman–Crippen MR) is 187 cm³/mol. The third-order valence-electron chi connectivity index (χ3n) is 10.9. The molecule has 0 saturated carbocycles. The fourth-order valence-electron chi connectivity index (χ4n) is 8.70. The van der Waals surface area contributed by atoms with Crippen LogP contribution in [0.5, 0.6) is 6.01 Å². The molecule has 4 fully saturated rings. The van der Waals surface area contributed by atoms with E-state index in [4.69, 9.17) is 31.0 Å². The van der Waals surface area contributed by atoms with Gasteiger partial charge in [0.2, 0.25) is 0 Å². The summed E-state index contributed by atoms with van der Waals surface area (Å²) < 4.78 is 29.1. The Morgan fingerprint density at radius 3 is 2.57 bits per heavy atom. The standard InChI is InChI=1S/C37H42ClFN6O4/c1-36(2,3)49-35(47)45-23-11-12-24(45)19-43(18-23)33-27-17-40-31(26-9-4-7-22-8-5-10-28(38)29(22)26)30(39)32(27)41-34(42-33)48-21-37-14-6-16-44(37)25(20-46)13-15-37/h4-5,7-10,17,23-25,46H,6,11-16,18-21H2,1-3H3/t23?,24?,25-,37?/m1/s1. The number of benzene rings is 2. The number of ether oxygens (including phenoxy) is 2. The highest BCUT2D eigenvalue weighted by Gasteiger charge is 2.50. The number of nitrogens with zero attached hydrogens (tertiary/aromatic N) is 6. The van der Waals surface area contributed by atoms with E-state index in [0.29, 0.717) is 41.5 Å². The molecule has 4 aliphatic heterocycles. The number of aliphatic hydroxyl groups is 1. The fraction of sp³-hybridized carbons (Fsp3) is 0.514. The fourth-order valence-corrected chi connectivity index (χ4v) is 8.98. The third-order valence-corrected chi connectivity index (χ3v) is 11.2. The number of carbonyl (C=O) groups is 1. The van der Waals surface area contributed by atoms with Crippen LogP contribution in [0.3, 0.4) is 0 Å². The number of anilines is 1. The van der Waals surface area contributed by atoms with E-state index in [2.05, 4.69) is 14.8 Å². The van der Waals surface area contributed by atoms with Crippen molar-refractivity contribution in [3.63, 3.8) is 0 Å². The normalized spacial score (nSPS) is 25.4. The number of pyridine rings is 1. The molecule has 0 aliphatic carbocycles. The molecule has 0 radical (unpaired) electrons. The minimum absolute atomic E-state index is 0.0715. The number of carbonyl (C=O) groups excluding carboxylic acids is 1. The summed E-state index contributed by atoms with van der Waals surface area (Å²) in [4.78, 5) is 33.9.